The molecule has 150 valence electrons. The molecule has 0 aliphatic heterocycles. The summed E-state index contributed by atoms with van der Waals surface area (Å²) in [6.45, 7) is 5.46. The number of carboxylic acid groups (broad SMARTS) is 1. The average molecular weight is 415 g/mol. The quantitative estimate of drug-likeness (QED) is 0.536. The van der Waals surface area contributed by atoms with E-state index in [-0.39, 0.29) is 23.2 Å². The second-order valence-corrected chi connectivity index (χ2v) is 7.46. The molecular weight excluding hydrogens is 396 g/mol. The summed E-state index contributed by atoms with van der Waals surface area (Å²) < 4.78 is 29.1. The lowest BCUT2D eigenvalue weighted by Gasteiger charge is -2.22. The predicted molar refractivity (Wildman–Crippen MR) is 111 cm³/mol. The number of hydrogen-bond donors (Lipinski definition) is 1. The molecule has 0 saturated heterocycles. The zero-order valence-electron chi connectivity index (χ0n) is 15.7. The highest BCUT2D eigenvalue weighted by molar-refractivity contribution is 7.98. The Bertz CT molecular complexity index is 1160. The van der Waals surface area contributed by atoms with E-state index in [4.69, 9.17) is 0 Å². The number of thioether (sulfide) groups is 1. The monoisotopic (exact) mass is 415 g/mol. The van der Waals surface area contributed by atoms with Gasteiger partial charge in [0.1, 0.15) is 6.04 Å². The van der Waals surface area contributed by atoms with E-state index >= 15 is 0 Å². The Labute approximate surface area is 170 Å². The molecule has 0 aliphatic rings. The number of aromatic nitrogens is 1. The van der Waals surface area contributed by atoms with E-state index in [1.807, 2.05) is 0 Å². The molecule has 0 fully saturated rings. The topological polar surface area (TPSA) is 59.3 Å². The van der Waals surface area contributed by atoms with Crippen molar-refractivity contribution in [2.24, 2.45) is 0 Å². The van der Waals surface area contributed by atoms with Gasteiger partial charge in [-0.15, -0.1) is 11.8 Å². The van der Waals surface area contributed by atoms with E-state index in [1.165, 1.54) is 18.2 Å². The summed E-state index contributed by atoms with van der Waals surface area (Å²) >= 11 is 1.09. The molecule has 0 radical (unpaired) electrons. The van der Waals surface area contributed by atoms with Crippen LogP contribution in [-0.4, -0.2) is 15.6 Å². The van der Waals surface area contributed by atoms with Crippen molar-refractivity contribution < 1.29 is 18.7 Å². The van der Waals surface area contributed by atoms with Crippen LogP contribution in [0.25, 0.3) is 17.0 Å². The molecule has 1 atom stereocenters. The molecule has 0 amide bonds. The molecule has 7 heteroatoms. The average Bonchev–Trinajstić information content (AvgIpc) is 2.70. The van der Waals surface area contributed by atoms with Crippen molar-refractivity contribution in [2.45, 2.75) is 30.2 Å². The molecule has 2 aromatic carbocycles. The second-order valence-electron chi connectivity index (χ2n) is 6.46. The van der Waals surface area contributed by atoms with Crippen LogP contribution in [0.15, 0.2) is 58.9 Å². The van der Waals surface area contributed by atoms with Gasteiger partial charge in [-0.25, -0.2) is 13.6 Å². The molecule has 4 nitrogen and oxygen atoms in total. The lowest BCUT2D eigenvalue weighted by atomic mass is 10.1. The number of carbonyl (C=O) groups is 1. The standard InChI is InChI=1S/C22H19F2NO3S/c1-3-13-8-9-15-18(10-13)25(17(4-2)22(27)28)20(11-19(15)26)29-12-14-6-5-7-16(23)21(14)24/h3,5-11,17H,1,4,12H2,2H3,(H,27,28). The number of rotatable bonds is 7. The maximum absolute atomic E-state index is 14.0. The molecule has 1 aromatic heterocycles. The van der Waals surface area contributed by atoms with Crippen LogP contribution in [0.2, 0.25) is 0 Å². The van der Waals surface area contributed by atoms with Gasteiger partial charge < -0.3 is 9.67 Å². The normalized spacial score (nSPS) is 12.1. The Morgan fingerprint density at radius 3 is 2.69 bits per heavy atom. The first-order valence-corrected chi connectivity index (χ1v) is 9.96. The molecular formula is C22H19F2NO3S. The molecule has 0 saturated carbocycles. The third-order valence-corrected chi connectivity index (χ3v) is 5.73. The van der Waals surface area contributed by atoms with Crippen molar-refractivity contribution in [2.75, 3.05) is 0 Å². The Kier molecular flexibility index (Phi) is 6.17. The zero-order valence-corrected chi connectivity index (χ0v) is 16.5. The third-order valence-electron chi connectivity index (χ3n) is 4.67. The van der Waals surface area contributed by atoms with E-state index < -0.39 is 23.6 Å². The Morgan fingerprint density at radius 2 is 2.03 bits per heavy atom. The first-order chi connectivity index (χ1) is 13.9. The van der Waals surface area contributed by atoms with Gasteiger partial charge in [-0.1, -0.05) is 37.8 Å². The van der Waals surface area contributed by atoms with Crippen LogP contribution in [0.5, 0.6) is 0 Å². The van der Waals surface area contributed by atoms with Crippen LogP contribution in [0, 0.1) is 11.6 Å². The molecule has 1 N–H and O–H groups in total. The van der Waals surface area contributed by atoms with Gasteiger partial charge in [0.25, 0.3) is 0 Å². The van der Waals surface area contributed by atoms with Crippen LogP contribution in [-0.2, 0) is 10.5 Å². The SMILES string of the molecule is C=Cc1ccc2c(=O)cc(SCc3cccc(F)c3F)n(C(CC)C(=O)O)c2c1. The first kappa shape index (κ1) is 20.8. The predicted octanol–water partition coefficient (Wildman–Crippen LogP) is 5.25. The number of carboxylic acids is 1. The summed E-state index contributed by atoms with van der Waals surface area (Å²) in [5, 5.41) is 10.5. The second kappa shape index (κ2) is 8.61. The van der Waals surface area contributed by atoms with E-state index in [9.17, 15) is 23.5 Å². The maximum atomic E-state index is 14.0. The number of nitrogens with zero attached hydrogens (tertiary/aromatic N) is 1. The van der Waals surface area contributed by atoms with Crippen molar-refractivity contribution in [3.63, 3.8) is 0 Å². The third kappa shape index (κ3) is 4.10. The number of benzene rings is 2. The highest BCUT2D eigenvalue weighted by Gasteiger charge is 2.23. The fourth-order valence-corrected chi connectivity index (χ4v) is 4.25. The number of hydrogen-bond acceptors (Lipinski definition) is 3. The summed E-state index contributed by atoms with van der Waals surface area (Å²) in [5.74, 6) is -2.90. The van der Waals surface area contributed by atoms with Crippen molar-refractivity contribution in [1.82, 2.24) is 4.57 Å². The molecule has 3 rings (SSSR count). The van der Waals surface area contributed by atoms with Gasteiger partial charge in [0.05, 0.1) is 10.5 Å². The van der Waals surface area contributed by atoms with Gasteiger partial charge in [0, 0.05) is 22.8 Å². The molecule has 0 aliphatic carbocycles. The summed E-state index contributed by atoms with van der Waals surface area (Å²) in [5.41, 5.74) is 1.07. The fraction of sp³-hybridized carbons (Fsp3) is 0.182. The number of pyridine rings is 1. The van der Waals surface area contributed by atoms with Gasteiger partial charge in [0.15, 0.2) is 17.1 Å². The van der Waals surface area contributed by atoms with Gasteiger partial charge in [-0.3, -0.25) is 4.79 Å². The smallest absolute Gasteiger partial charge is 0.326 e. The van der Waals surface area contributed by atoms with E-state index in [2.05, 4.69) is 6.58 Å². The Morgan fingerprint density at radius 1 is 1.28 bits per heavy atom. The van der Waals surface area contributed by atoms with Crippen LogP contribution in [0.3, 0.4) is 0 Å². The number of halogens is 2. The van der Waals surface area contributed by atoms with Crippen molar-refractivity contribution in [1.29, 1.82) is 0 Å². The molecule has 0 spiro atoms. The molecule has 1 heterocycles. The lowest BCUT2D eigenvalue weighted by Crippen LogP contribution is -2.23. The number of aliphatic carboxylic acids is 1. The molecule has 1 unspecified atom stereocenters. The van der Waals surface area contributed by atoms with Gasteiger partial charge >= 0.3 is 5.97 Å². The Balaban J connectivity index is 2.19. The van der Waals surface area contributed by atoms with Crippen molar-refractivity contribution >= 4 is 34.7 Å². The van der Waals surface area contributed by atoms with Crippen LogP contribution in [0.1, 0.15) is 30.5 Å². The summed E-state index contributed by atoms with van der Waals surface area (Å²) in [4.78, 5) is 24.5. The van der Waals surface area contributed by atoms with Gasteiger partial charge in [0.2, 0.25) is 0 Å². The highest BCUT2D eigenvalue weighted by Crippen LogP contribution is 2.31. The van der Waals surface area contributed by atoms with Crippen LogP contribution in [0.4, 0.5) is 8.78 Å². The Hall–Kier alpha value is -2.93. The van der Waals surface area contributed by atoms with Crippen molar-refractivity contribution in [3.05, 3.63) is 82.0 Å². The maximum Gasteiger partial charge on any atom is 0.326 e. The fourth-order valence-electron chi connectivity index (χ4n) is 3.17. The highest BCUT2D eigenvalue weighted by atomic mass is 32.2. The molecule has 0 bridgehead atoms. The molecule has 29 heavy (non-hydrogen) atoms. The van der Waals surface area contributed by atoms with E-state index in [0.29, 0.717) is 15.9 Å². The summed E-state index contributed by atoms with van der Waals surface area (Å²) in [6, 6.07) is 9.41. The minimum atomic E-state index is -1.04. The largest absolute Gasteiger partial charge is 0.480 e. The minimum absolute atomic E-state index is 0.0474. The minimum Gasteiger partial charge on any atom is -0.480 e. The van der Waals surface area contributed by atoms with E-state index in [1.54, 1.807) is 35.8 Å². The first-order valence-electron chi connectivity index (χ1n) is 8.97. The summed E-state index contributed by atoms with van der Waals surface area (Å²) in [7, 11) is 0. The number of fused-ring (bicyclic) bond motifs is 1. The van der Waals surface area contributed by atoms with Crippen molar-refractivity contribution in [3.8, 4) is 0 Å². The van der Waals surface area contributed by atoms with Crippen LogP contribution >= 0.6 is 11.8 Å². The summed E-state index contributed by atoms with van der Waals surface area (Å²) in [6.07, 6.45) is 1.89. The van der Waals surface area contributed by atoms with Crippen LogP contribution < -0.4 is 5.43 Å². The zero-order chi connectivity index (χ0) is 21.1. The molecule has 3 aromatic rings. The van der Waals surface area contributed by atoms with Gasteiger partial charge in [-0.05, 0) is 30.2 Å². The lowest BCUT2D eigenvalue weighted by molar-refractivity contribution is -0.141. The van der Waals surface area contributed by atoms with Gasteiger partial charge in [-0.2, -0.15) is 0 Å². The van der Waals surface area contributed by atoms with E-state index in [0.717, 1.165) is 23.4 Å².